The molecular formula is C75H130O6. The third kappa shape index (κ3) is 67.0. The van der Waals surface area contributed by atoms with Gasteiger partial charge in [-0.15, -0.1) is 0 Å². The van der Waals surface area contributed by atoms with Crippen LogP contribution in [0.15, 0.2) is 97.2 Å². The number of esters is 3. The lowest BCUT2D eigenvalue weighted by molar-refractivity contribution is -0.167. The number of unbranched alkanes of at least 4 members (excludes halogenated alkanes) is 36. The predicted octanol–water partition coefficient (Wildman–Crippen LogP) is 24.0. The van der Waals surface area contributed by atoms with Gasteiger partial charge >= 0.3 is 17.9 Å². The molecule has 0 aromatic heterocycles. The lowest BCUT2D eigenvalue weighted by Gasteiger charge is -2.18. The Morgan fingerprint density at radius 3 is 0.778 bits per heavy atom. The summed E-state index contributed by atoms with van der Waals surface area (Å²) in [4.78, 5) is 38.4. The zero-order valence-corrected chi connectivity index (χ0v) is 53.5. The van der Waals surface area contributed by atoms with Crippen LogP contribution < -0.4 is 0 Å². The number of carbonyl (C=O) groups is 3. The van der Waals surface area contributed by atoms with Crippen LogP contribution in [-0.4, -0.2) is 37.2 Å². The molecule has 0 saturated carbocycles. The first-order valence-corrected chi connectivity index (χ1v) is 34.7. The van der Waals surface area contributed by atoms with E-state index in [1.165, 1.54) is 193 Å². The quantitative estimate of drug-likeness (QED) is 0.0261. The van der Waals surface area contributed by atoms with Crippen molar-refractivity contribution >= 4 is 17.9 Å². The van der Waals surface area contributed by atoms with Crippen molar-refractivity contribution in [2.75, 3.05) is 13.2 Å². The summed E-state index contributed by atoms with van der Waals surface area (Å²) in [6.45, 7) is 6.53. The van der Waals surface area contributed by atoms with E-state index in [0.717, 1.165) is 109 Å². The maximum Gasteiger partial charge on any atom is 0.306 e. The first-order valence-electron chi connectivity index (χ1n) is 34.7. The summed E-state index contributed by atoms with van der Waals surface area (Å²) >= 11 is 0. The van der Waals surface area contributed by atoms with Gasteiger partial charge in [-0.1, -0.05) is 317 Å². The Morgan fingerprint density at radius 1 is 0.259 bits per heavy atom. The van der Waals surface area contributed by atoms with Crippen molar-refractivity contribution in [1.82, 2.24) is 0 Å². The van der Waals surface area contributed by atoms with Crippen LogP contribution in [0.2, 0.25) is 0 Å². The molecule has 0 radical (unpaired) electrons. The van der Waals surface area contributed by atoms with E-state index in [1.807, 2.05) is 0 Å². The zero-order chi connectivity index (χ0) is 58.5. The Labute approximate surface area is 502 Å². The summed E-state index contributed by atoms with van der Waals surface area (Å²) in [7, 11) is 0. The van der Waals surface area contributed by atoms with Gasteiger partial charge in [-0.05, 0) is 103 Å². The topological polar surface area (TPSA) is 78.9 Å². The smallest absolute Gasteiger partial charge is 0.306 e. The van der Waals surface area contributed by atoms with Gasteiger partial charge in [0.15, 0.2) is 6.10 Å². The van der Waals surface area contributed by atoms with E-state index in [-0.39, 0.29) is 31.1 Å². The Balaban J connectivity index is 4.20. The van der Waals surface area contributed by atoms with Gasteiger partial charge in [0.05, 0.1) is 0 Å². The van der Waals surface area contributed by atoms with E-state index in [9.17, 15) is 14.4 Å². The van der Waals surface area contributed by atoms with Gasteiger partial charge in [-0.3, -0.25) is 14.4 Å². The summed E-state index contributed by atoms with van der Waals surface area (Å²) in [6.07, 6.45) is 92.9. The summed E-state index contributed by atoms with van der Waals surface area (Å²) in [5.74, 6) is -0.868. The van der Waals surface area contributed by atoms with Crippen LogP contribution in [0.1, 0.15) is 342 Å². The van der Waals surface area contributed by atoms with Gasteiger partial charge in [0.2, 0.25) is 0 Å². The molecule has 0 aromatic carbocycles. The number of hydrogen-bond donors (Lipinski definition) is 0. The van der Waals surface area contributed by atoms with Gasteiger partial charge < -0.3 is 14.2 Å². The first-order chi connectivity index (χ1) is 40.0. The molecule has 0 aromatic rings. The van der Waals surface area contributed by atoms with Crippen molar-refractivity contribution in [3.8, 4) is 0 Å². The Kier molecular flexibility index (Phi) is 65.7. The summed E-state index contributed by atoms with van der Waals surface area (Å²) < 4.78 is 17.0. The third-order valence-corrected chi connectivity index (χ3v) is 15.1. The molecule has 466 valence electrons. The fourth-order valence-electron chi connectivity index (χ4n) is 9.89. The minimum Gasteiger partial charge on any atom is -0.462 e. The standard InChI is InChI=1S/C75H130O6/c1-4-7-10-13-16-19-22-25-27-29-30-31-32-33-34-35-36-37-38-39-40-41-42-43-44-46-47-50-53-56-59-62-65-68-74(77)80-71-72(70-79-73(76)67-64-61-58-55-52-49-24-21-18-15-12-9-6-3)81-75(78)69-66-63-60-57-54-51-48-45-28-26-23-20-17-14-11-8-5-2/h7,10,16-17,19-20,25-28,30-31,33-34,36-37,72H,4-6,8-9,11-15,18,21-24,29,32,35,38-71H2,1-3H3/b10-7-,19-16-,20-17-,27-25-,28-26-,31-30-,34-33-,37-36-. The number of hydrogen-bond acceptors (Lipinski definition) is 6. The van der Waals surface area contributed by atoms with Crippen LogP contribution in [0.25, 0.3) is 0 Å². The molecule has 0 aliphatic heterocycles. The second-order valence-electron chi connectivity index (χ2n) is 23.1. The van der Waals surface area contributed by atoms with Crippen LogP contribution in [0.5, 0.6) is 0 Å². The normalized spacial score (nSPS) is 12.7. The highest BCUT2D eigenvalue weighted by Crippen LogP contribution is 2.17. The van der Waals surface area contributed by atoms with Crippen molar-refractivity contribution in [2.24, 2.45) is 0 Å². The summed E-state index contributed by atoms with van der Waals surface area (Å²) in [5, 5.41) is 0. The van der Waals surface area contributed by atoms with E-state index < -0.39 is 6.10 Å². The zero-order valence-electron chi connectivity index (χ0n) is 53.5. The molecular weight excluding hydrogens is 997 g/mol. The minimum absolute atomic E-state index is 0.0758. The molecule has 0 aliphatic carbocycles. The highest BCUT2D eigenvalue weighted by atomic mass is 16.6. The molecule has 0 spiro atoms. The van der Waals surface area contributed by atoms with Gasteiger partial charge in [0, 0.05) is 19.3 Å². The maximum atomic E-state index is 12.9. The van der Waals surface area contributed by atoms with Crippen molar-refractivity contribution < 1.29 is 28.6 Å². The number of rotatable bonds is 63. The van der Waals surface area contributed by atoms with Crippen LogP contribution in [0.4, 0.5) is 0 Å². The van der Waals surface area contributed by atoms with E-state index in [2.05, 4.69) is 118 Å². The van der Waals surface area contributed by atoms with E-state index in [0.29, 0.717) is 19.3 Å². The largest absolute Gasteiger partial charge is 0.462 e. The molecule has 6 heteroatoms. The Bertz CT molecular complexity index is 1580. The highest BCUT2D eigenvalue weighted by Gasteiger charge is 2.19. The summed E-state index contributed by atoms with van der Waals surface area (Å²) in [6, 6.07) is 0. The second-order valence-corrected chi connectivity index (χ2v) is 23.1. The molecule has 0 heterocycles. The Morgan fingerprint density at radius 2 is 0.481 bits per heavy atom. The van der Waals surface area contributed by atoms with Crippen LogP contribution >= 0.6 is 0 Å². The van der Waals surface area contributed by atoms with Crippen LogP contribution in [-0.2, 0) is 28.6 Å². The molecule has 0 bridgehead atoms. The lowest BCUT2D eigenvalue weighted by atomic mass is 10.0. The average Bonchev–Trinajstić information content (AvgIpc) is 3.46. The predicted molar refractivity (Wildman–Crippen MR) is 353 cm³/mol. The Hall–Kier alpha value is -3.67. The minimum atomic E-state index is -0.780. The van der Waals surface area contributed by atoms with Crippen molar-refractivity contribution in [1.29, 1.82) is 0 Å². The number of ether oxygens (including phenoxy) is 3. The first kappa shape index (κ1) is 77.3. The SMILES string of the molecule is CC/C=C\C/C=C\C/C=C\C/C=C\C/C=C\C/C=C\CCCCCCCCCCCCCCCCC(=O)OCC(COC(=O)CCCCCCCCCCCCCCC)OC(=O)CCCCCCCCC/C=C\C/C=C\CCCCC. The average molecular weight is 1130 g/mol. The molecule has 0 rings (SSSR count). The molecule has 0 fully saturated rings. The second kappa shape index (κ2) is 68.8. The fraction of sp³-hybridized carbons (Fsp3) is 0.747. The molecule has 1 unspecified atom stereocenters. The fourth-order valence-corrected chi connectivity index (χ4v) is 9.89. The molecule has 0 N–H and O–H groups in total. The van der Waals surface area contributed by atoms with Crippen molar-refractivity contribution in [3.05, 3.63) is 97.2 Å². The molecule has 81 heavy (non-hydrogen) atoms. The lowest BCUT2D eigenvalue weighted by Crippen LogP contribution is -2.30. The molecule has 0 saturated heterocycles. The van der Waals surface area contributed by atoms with Gasteiger partial charge in [-0.25, -0.2) is 0 Å². The van der Waals surface area contributed by atoms with E-state index in [1.54, 1.807) is 0 Å². The molecule has 0 amide bonds. The van der Waals surface area contributed by atoms with Gasteiger partial charge in [0.25, 0.3) is 0 Å². The van der Waals surface area contributed by atoms with Gasteiger partial charge in [-0.2, -0.15) is 0 Å². The van der Waals surface area contributed by atoms with E-state index in [4.69, 9.17) is 14.2 Å². The highest BCUT2D eigenvalue weighted by molar-refractivity contribution is 5.71. The van der Waals surface area contributed by atoms with E-state index >= 15 is 0 Å². The van der Waals surface area contributed by atoms with Crippen molar-refractivity contribution in [3.63, 3.8) is 0 Å². The third-order valence-electron chi connectivity index (χ3n) is 15.1. The van der Waals surface area contributed by atoms with Crippen LogP contribution in [0, 0.1) is 0 Å². The molecule has 1 atom stereocenters. The van der Waals surface area contributed by atoms with Gasteiger partial charge in [0.1, 0.15) is 13.2 Å². The molecule has 0 aliphatic rings. The number of carbonyl (C=O) groups excluding carboxylic acids is 3. The summed E-state index contributed by atoms with van der Waals surface area (Å²) in [5.41, 5.74) is 0. The van der Waals surface area contributed by atoms with Crippen molar-refractivity contribution in [2.45, 2.75) is 348 Å². The molecule has 6 nitrogen and oxygen atoms in total. The monoisotopic (exact) mass is 1130 g/mol. The maximum absolute atomic E-state index is 12.9. The van der Waals surface area contributed by atoms with Crippen LogP contribution in [0.3, 0.4) is 0 Å². The number of allylic oxidation sites excluding steroid dienone is 16.